The molecule has 0 radical (unpaired) electrons. The first-order chi connectivity index (χ1) is 9.11. The summed E-state index contributed by atoms with van der Waals surface area (Å²) < 4.78 is 18.6. The Kier molecular flexibility index (Phi) is 4.02. The number of hydrogen-bond donors (Lipinski definition) is 1. The van der Waals surface area contributed by atoms with E-state index in [4.69, 9.17) is 16.3 Å². The molecule has 0 aliphatic rings. The van der Waals surface area contributed by atoms with Crippen molar-refractivity contribution in [1.82, 2.24) is 0 Å². The second-order valence-corrected chi connectivity index (χ2v) is 4.19. The van der Waals surface area contributed by atoms with Gasteiger partial charge in [0.25, 0.3) is 5.91 Å². The van der Waals surface area contributed by atoms with Gasteiger partial charge in [-0.15, -0.1) is 0 Å². The molecule has 0 saturated carbocycles. The van der Waals surface area contributed by atoms with E-state index in [1.807, 2.05) is 0 Å². The summed E-state index contributed by atoms with van der Waals surface area (Å²) >= 11 is 5.91. The average Bonchev–Trinajstić information content (AvgIpc) is 2.41. The molecule has 0 aliphatic heterocycles. The lowest BCUT2D eigenvalue weighted by molar-refractivity contribution is 0.102. The molecule has 0 saturated heterocycles. The molecule has 0 unspecified atom stereocenters. The van der Waals surface area contributed by atoms with Crippen LogP contribution in [0.3, 0.4) is 0 Å². The number of carbonyl (C=O) groups is 1. The Morgan fingerprint density at radius 2 is 2.00 bits per heavy atom. The van der Waals surface area contributed by atoms with Gasteiger partial charge in [0.2, 0.25) is 0 Å². The minimum Gasteiger partial charge on any atom is -0.497 e. The minimum absolute atomic E-state index is 0.0688. The molecular weight excluding hydrogens is 269 g/mol. The number of hydrogen-bond acceptors (Lipinski definition) is 2. The molecular formula is C14H11ClFNO2. The first-order valence-electron chi connectivity index (χ1n) is 5.51. The van der Waals surface area contributed by atoms with Crippen LogP contribution < -0.4 is 10.1 Å². The zero-order valence-electron chi connectivity index (χ0n) is 10.1. The number of halogens is 2. The molecule has 2 aromatic rings. The monoisotopic (exact) mass is 279 g/mol. The fourth-order valence-corrected chi connectivity index (χ4v) is 1.74. The molecule has 0 spiro atoms. The molecule has 0 atom stereocenters. The smallest absolute Gasteiger partial charge is 0.258 e. The molecule has 19 heavy (non-hydrogen) atoms. The summed E-state index contributed by atoms with van der Waals surface area (Å²) in [5.74, 6) is -0.857. The zero-order chi connectivity index (χ0) is 13.8. The van der Waals surface area contributed by atoms with Crippen molar-refractivity contribution in [2.24, 2.45) is 0 Å². The molecule has 2 rings (SSSR count). The second-order valence-electron chi connectivity index (χ2n) is 3.78. The average molecular weight is 280 g/mol. The highest BCUT2D eigenvalue weighted by Crippen LogP contribution is 2.22. The fourth-order valence-electron chi connectivity index (χ4n) is 1.56. The maximum Gasteiger partial charge on any atom is 0.258 e. The summed E-state index contributed by atoms with van der Waals surface area (Å²) in [5.41, 5.74) is 0.366. The van der Waals surface area contributed by atoms with Gasteiger partial charge in [-0.05, 0) is 24.3 Å². The number of methoxy groups -OCH3 is 1. The molecule has 3 nitrogen and oxygen atoms in total. The molecule has 1 amide bonds. The number of carbonyl (C=O) groups excluding carboxylic acids is 1. The molecule has 2 aromatic carbocycles. The van der Waals surface area contributed by atoms with Gasteiger partial charge in [-0.3, -0.25) is 4.79 Å². The lowest BCUT2D eigenvalue weighted by Crippen LogP contribution is -2.14. The summed E-state index contributed by atoms with van der Waals surface area (Å²) in [6.07, 6.45) is 0. The lowest BCUT2D eigenvalue weighted by atomic mass is 10.2. The van der Waals surface area contributed by atoms with E-state index in [2.05, 4.69) is 5.32 Å². The van der Waals surface area contributed by atoms with Crippen LogP contribution in [0.1, 0.15) is 10.4 Å². The van der Waals surface area contributed by atoms with Crippen LogP contribution >= 0.6 is 11.6 Å². The highest BCUT2D eigenvalue weighted by Gasteiger charge is 2.13. The van der Waals surface area contributed by atoms with Crippen molar-refractivity contribution in [2.45, 2.75) is 0 Å². The Balaban J connectivity index is 2.23. The maximum atomic E-state index is 13.7. The van der Waals surface area contributed by atoms with Gasteiger partial charge < -0.3 is 10.1 Å². The molecule has 0 aromatic heterocycles. The van der Waals surface area contributed by atoms with E-state index < -0.39 is 11.7 Å². The summed E-state index contributed by atoms with van der Waals surface area (Å²) in [7, 11) is 1.43. The molecule has 0 bridgehead atoms. The van der Waals surface area contributed by atoms with Crippen molar-refractivity contribution in [3.05, 3.63) is 58.9 Å². The Labute approximate surface area is 115 Å². The number of nitrogens with one attached hydrogen (secondary N) is 1. The van der Waals surface area contributed by atoms with Crippen LogP contribution in [0.2, 0.25) is 5.02 Å². The molecule has 0 fully saturated rings. The van der Waals surface area contributed by atoms with E-state index in [-0.39, 0.29) is 5.56 Å². The third-order valence-corrected chi connectivity index (χ3v) is 2.87. The van der Waals surface area contributed by atoms with E-state index in [9.17, 15) is 9.18 Å². The summed E-state index contributed by atoms with van der Waals surface area (Å²) in [5, 5.41) is 2.95. The van der Waals surface area contributed by atoms with Crippen molar-refractivity contribution < 1.29 is 13.9 Å². The Bertz CT molecular complexity index is 616. The quantitative estimate of drug-likeness (QED) is 0.929. The van der Waals surface area contributed by atoms with Crippen LogP contribution in [0.25, 0.3) is 0 Å². The van der Waals surface area contributed by atoms with Crippen LogP contribution in [0.15, 0.2) is 42.5 Å². The summed E-state index contributed by atoms with van der Waals surface area (Å²) in [6.45, 7) is 0. The minimum atomic E-state index is -0.649. The topological polar surface area (TPSA) is 38.3 Å². The van der Waals surface area contributed by atoms with Gasteiger partial charge in [0.1, 0.15) is 11.6 Å². The number of rotatable bonds is 3. The standard InChI is InChI=1S/C14H11ClFNO2/c1-19-9-6-7-10(12(16)8-9)14(18)17-13-5-3-2-4-11(13)15/h2-8H,1H3,(H,17,18). The van der Waals surface area contributed by atoms with E-state index in [1.54, 1.807) is 24.3 Å². The van der Waals surface area contributed by atoms with Gasteiger partial charge >= 0.3 is 0 Å². The van der Waals surface area contributed by atoms with Gasteiger partial charge in [0, 0.05) is 6.07 Å². The maximum absolute atomic E-state index is 13.7. The molecule has 1 N–H and O–H groups in total. The van der Waals surface area contributed by atoms with Crippen molar-refractivity contribution in [1.29, 1.82) is 0 Å². The summed E-state index contributed by atoms with van der Waals surface area (Å²) in [4.78, 5) is 11.9. The lowest BCUT2D eigenvalue weighted by Gasteiger charge is -2.08. The van der Waals surface area contributed by atoms with Gasteiger partial charge in [-0.1, -0.05) is 23.7 Å². The van der Waals surface area contributed by atoms with Gasteiger partial charge in [-0.25, -0.2) is 4.39 Å². The first kappa shape index (κ1) is 13.4. The number of benzene rings is 2. The van der Waals surface area contributed by atoms with Gasteiger partial charge in [-0.2, -0.15) is 0 Å². The van der Waals surface area contributed by atoms with Crippen molar-refractivity contribution >= 4 is 23.2 Å². The van der Waals surface area contributed by atoms with Crippen molar-refractivity contribution in [3.63, 3.8) is 0 Å². The molecule has 5 heteroatoms. The van der Waals surface area contributed by atoms with Gasteiger partial charge in [0.15, 0.2) is 0 Å². The van der Waals surface area contributed by atoms with E-state index in [0.29, 0.717) is 16.5 Å². The van der Waals surface area contributed by atoms with Crippen molar-refractivity contribution in [2.75, 3.05) is 12.4 Å². The predicted molar refractivity (Wildman–Crippen MR) is 72.4 cm³/mol. The van der Waals surface area contributed by atoms with Crippen LogP contribution in [0.4, 0.5) is 10.1 Å². The zero-order valence-corrected chi connectivity index (χ0v) is 10.9. The second kappa shape index (κ2) is 5.71. The molecule has 98 valence electrons. The Morgan fingerprint density at radius 3 is 2.63 bits per heavy atom. The van der Waals surface area contributed by atoms with Crippen molar-refractivity contribution in [3.8, 4) is 5.75 Å². The third-order valence-electron chi connectivity index (χ3n) is 2.54. The molecule has 0 heterocycles. The van der Waals surface area contributed by atoms with E-state index >= 15 is 0 Å². The van der Waals surface area contributed by atoms with Crippen LogP contribution in [0, 0.1) is 5.82 Å². The summed E-state index contributed by atoms with van der Waals surface area (Å²) in [6, 6.07) is 10.8. The normalized spacial score (nSPS) is 10.1. The Morgan fingerprint density at radius 1 is 1.26 bits per heavy atom. The first-order valence-corrected chi connectivity index (χ1v) is 5.89. The highest BCUT2D eigenvalue weighted by molar-refractivity contribution is 6.33. The number of ether oxygens (including phenoxy) is 1. The fraction of sp³-hybridized carbons (Fsp3) is 0.0714. The van der Waals surface area contributed by atoms with E-state index in [1.165, 1.54) is 19.2 Å². The SMILES string of the molecule is COc1ccc(C(=O)Nc2ccccc2Cl)c(F)c1. The third kappa shape index (κ3) is 3.03. The van der Waals surface area contributed by atoms with Crippen LogP contribution in [-0.4, -0.2) is 13.0 Å². The van der Waals surface area contributed by atoms with Gasteiger partial charge in [0.05, 0.1) is 23.4 Å². The number of anilines is 1. The van der Waals surface area contributed by atoms with Crippen LogP contribution in [0.5, 0.6) is 5.75 Å². The Hall–Kier alpha value is -2.07. The number of para-hydroxylation sites is 1. The predicted octanol–water partition coefficient (Wildman–Crippen LogP) is 3.74. The molecule has 0 aliphatic carbocycles. The number of amides is 1. The highest BCUT2D eigenvalue weighted by atomic mass is 35.5. The largest absolute Gasteiger partial charge is 0.497 e. The van der Waals surface area contributed by atoms with Crippen LogP contribution in [-0.2, 0) is 0 Å². The van der Waals surface area contributed by atoms with E-state index in [0.717, 1.165) is 6.07 Å².